The maximum atomic E-state index is 11.7. The first-order valence-electron chi connectivity index (χ1n) is 8.15. The first-order valence-corrected chi connectivity index (χ1v) is 10.7. The van der Waals surface area contributed by atoms with E-state index in [2.05, 4.69) is 9.97 Å². The average Bonchev–Trinajstić information content (AvgIpc) is 2.64. The summed E-state index contributed by atoms with van der Waals surface area (Å²) in [6.07, 6.45) is 2.81. The van der Waals surface area contributed by atoms with Crippen LogP contribution in [-0.4, -0.2) is 33.0 Å². The van der Waals surface area contributed by atoms with Crippen LogP contribution in [0.3, 0.4) is 0 Å². The Morgan fingerprint density at radius 1 is 1.44 bits per heavy atom. The fourth-order valence-corrected chi connectivity index (χ4v) is 4.90. The number of hydrogen-bond acceptors (Lipinski definition) is 7. The van der Waals surface area contributed by atoms with E-state index in [-0.39, 0.29) is 13.2 Å². The highest BCUT2D eigenvalue weighted by Crippen LogP contribution is 2.40. The van der Waals surface area contributed by atoms with Crippen molar-refractivity contribution < 1.29 is 9.90 Å². The average molecular weight is 425 g/mol. The molecule has 0 saturated heterocycles. The molecular weight excluding hydrogens is 404 g/mol. The molecule has 144 valence electrons. The number of aliphatic hydroxyl groups is 1. The summed E-state index contributed by atoms with van der Waals surface area (Å²) in [6, 6.07) is 7.52. The molecule has 1 aromatic heterocycles. The number of nitrogens with two attached hydrogens (primary N) is 1. The van der Waals surface area contributed by atoms with Gasteiger partial charge in [-0.05, 0) is 32.0 Å². The van der Waals surface area contributed by atoms with Crippen LogP contribution in [0.4, 0.5) is 5.82 Å². The third-order valence-corrected chi connectivity index (χ3v) is 6.59. The zero-order chi connectivity index (χ0) is 19.8. The number of aromatic nitrogens is 2. The number of amides is 1. The number of nitrogen functional groups attached to an aromatic ring is 1. The van der Waals surface area contributed by atoms with Crippen molar-refractivity contribution in [2.75, 3.05) is 12.3 Å². The predicted molar refractivity (Wildman–Crippen MR) is 112 cm³/mol. The Labute approximate surface area is 171 Å². The molecule has 0 saturated carbocycles. The van der Waals surface area contributed by atoms with Gasteiger partial charge in [-0.25, -0.2) is 9.97 Å². The molecule has 0 unspecified atom stereocenters. The minimum absolute atomic E-state index is 0.0156. The van der Waals surface area contributed by atoms with E-state index in [4.69, 9.17) is 17.3 Å². The van der Waals surface area contributed by atoms with Gasteiger partial charge in [0.25, 0.3) is 0 Å². The predicted octanol–water partition coefficient (Wildman–Crippen LogP) is 4.03. The highest BCUT2D eigenvalue weighted by Gasteiger charge is 2.14. The van der Waals surface area contributed by atoms with Gasteiger partial charge in [-0.1, -0.05) is 39.3 Å². The molecule has 1 aromatic carbocycles. The number of carbonyl (C=O) groups is 1. The second-order valence-electron chi connectivity index (χ2n) is 5.67. The standard InChI is InChI=1S/C18H21ClN4O2S2/c1-12(23(11-25)10-14-9-21-13(2)22-18(14)20)17(6-7-24)27-26-16-5-3-4-15(19)8-16/h3-5,8-9,11,24H,6-7,10H2,1-2H3,(H2,20,21,22)/b17-12-. The Balaban J connectivity index is 2.19. The molecule has 2 rings (SSSR count). The SMILES string of the molecule is C/C(=C(\CCO)SSc1cccc(Cl)c1)N(C=O)Cc1cnc(C)nc1N. The van der Waals surface area contributed by atoms with Crippen molar-refractivity contribution in [2.45, 2.75) is 31.7 Å². The van der Waals surface area contributed by atoms with Gasteiger partial charge in [0.2, 0.25) is 6.41 Å². The third-order valence-electron chi connectivity index (χ3n) is 3.69. The van der Waals surface area contributed by atoms with Crippen LogP contribution in [-0.2, 0) is 11.3 Å². The summed E-state index contributed by atoms with van der Waals surface area (Å²) < 4.78 is 0. The lowest BCUT2D eigenvalue weighted by Crippen LogP contribution is -2.21. The molecule has 3 N–H and O–H groups in total. The maximum absolute atomic E-state index is 11.7. The molecule has 1 amide bonds. The van der Waals surface area contributed by atoms with Gasteiger partial charge in [0.05, 0.1) is 6.54 Å². The van der Waals surface area contributed by atoms with E-state index in [1.54, 1.807) is 18.0 Å². The Hall–Kier alpha value is -1.74. The van der Waals surface area contributed by atoms with E-state index >= 15 is 0 Å². The molecule has 9 heteroatoms. The van der Waals surface area contributed by atoms with Gasteiger partial charge in [0.1, 0.15) is 11.6 Å². The highest BCUT2D eigenvalue weighted by atomic mass is 35.5. The molecule has 0 fully saturated rings. The van der Waals surface area contributed by atoms with Gasteiger partial charge in [0, 0.05) is 45.3 Å². The summed E-state index contributed by atoms with van der Waals surface area (Å²) in [5, 5.41) is 10.1. The van der Waals surface area contributed by atoms with Gasteiger partial charge in [-0.15, -0.1) is 0 Å². The van der Waals surface area contributed by atoms with Crippen molar-refractivity contribution in [3.8, 4) is 0 Å². The van der Waals surface area contributed by atoms with E-state index in [1.165, 1.54) is 21.6 Å². The van der Waals surface area contributed by atoms with Crippen molar-refractivity contribution in [3.63, 3.8) is 0 Å². The molecule has 6 nitrogen and oxygen atoms in total. The number of benzene rings is 1. The molecule has 0 aliphatic rings. The van der Waals surface area contributed by atoms with Crippen LogP contribution in [0.25, 0.3) is 0 Å². The number of carbonyl (C=O) groups excluding carboxylic acids is 1. The largest absolute Gasteiger partial charge is 0.396 e. The molecule has 0 atom stereocenters. The normalized spacial score (nSPS) is 11.9. The lowest BCUT2D eigenvalue weighted by Gasteiger charge is -2.22. The van der Waals surface area contributed by atoms with Gasteiger partial charge in [-0.3, -0.25) is 4.79 Å². The van der Waals surface area contributed by atoms with Gasteiger partial charge in [-0.2, -0.15) is 0 Å². The number of rotatable bonds is 9. The lowest BCUT2D eigenvalue weighted by molar-refractivity contribution is -0.116. The number of aliphatic hydroxyl groups excluding tert-OH is 1. The Morgan fingerprint density at radius 2 is 2.22 bits per heavy atom. The zero-order valence-corrected chi connectivity index (χ0v) is 17.4. The molecule has 1 heterocycles. The summed E-state index contributed by atoms with van der Waals surface area (Å²) in [5.41, 5.74) is 7.35. The second-order valence-corrected chi connectivity index (χ2v) is 8.40. The molecule has 0 bridgehead atoms. The Bertz CT molecular complexity index is 833. The second kappa shape index (κ2) is 10.6. The van der Waals surface area contributed by atoms with Crippen LogP contribution in [0, 0.1) is 6.92 Å². The molecule has 27 heavy (non-hydrogen) atoms. The molecule has 0 aliphatic heterocycles. The summed E-state index contributed by atoms with van der Waals surface area (Å²) in [6.45, 7) is 3.85. The number of halogens is 1. The molecule has 0 aliphatic carbocycles. The quantitative estimate of drug-likeness (QED) is 0.463. The molecular formula is C18H21ClN4O2S2. The first-order chi connectivity index (χ1) is 12.9. The molecule has 0 spiro atoms. The van der Waals surface area contributed by atoms with Crippen molar-refractivity contribution in [1.29, 1.82) is 0 Å². The Morgan fingerprint density at radius 3 is 2.85 bits per heavy atom. The zero-order valence-electron chi connectivity index (χ0n) is 15.1. The Kier molecular flexibility index (Phi) is 8.43. The molecule has 0 radical (unpaired) electrons. The van der Waals surface area contributed by atoms with Crippen LogP contribution in [0.2, 0.25) is 5.02 Å². The number of anilines is 1. The topological polar surface area (TPSA) is 92.3 Å². The van der Waals surface area contributed by atoms with Crippen molar-refractivity contribution >= 4 is 45.4 Å². The number of hydrogen-bond donors (Lipinski definition) is 2. The summed E-state index contributed by atoms with van der Waals surface area (Å²) in [7, 11) is 3.01. The van der Waals surface area contributed by atoms with Crippen molar-refractivity contribution in [1.82, 2.24) is 14.9 Å². The summed E-state index contributed by atoms with van der Waals surface area (Å²) in [4.78, 5) is 23.4. The van der Waals surface area contributed by atoms with E-state index in [1.807, 2.05) is 31.2 Å². The van der Waals surface area contributed by atoms with E-state index in [0.29, 0.717) is 28.6 Å². The van der Waals surface area contributed by atoms with Crippen LogP contribution in [0.15, 0.2) is 46.0 Å². The lowest BCUT2D eigenvalue weighted by atomic mass is 10.2. The van der Waals surface area contributed by atoms with Crippen LogP contribution < -0.4 is 5.73 Å². The molecule has 2 aromatic rings. The van der Waals surface area contributed by atoms with Crippen molar-refractivity contribution in [3.05, 3.63) is 57.5 Å². The van der Waals surface area contributed by atoms with Gasteiger partial charge < -0.3 is 15.7 Å². The van der Waals surface area contributed by atoms with Gasteiger partial charge in [0.15, 0.2) is 0 Å². The number of nitrogens with zero attached hydrogens (tertiary/aromatic N) is 3. The fraction of sp³-hybridized carbons (Fsp3) is 0.278. The van der Waals surface area contributed by atoms with E-state index < -0.39 is 0 Å². The number of aryl methyl sites for hydroxylation is 1. The minimum Gasteiger partial charge on any atom is -0.396 e. The van der Waals surface area contributed by atoms with E-state index in [9.17, 15) is 9.90 Å². The highest BCUT2D eigenvalue weighted by molar-refractivity contribution is 8.78. The van der Waals surface area contributed by atoms with Crippen LogP contribution in [0.5, 0.6) is 0 Å². The van der Waals surface area contributed by atoms with Crippen LogP contribution in [0.1, 0.15) is 24.7 Å². The third kappa shape index (κ3) is 6.42. The first kappa shape index (κ1) is 21.6. The van der Waals surface area contributed by atoms with Crippen LogP contribution >= 0.6 is 33.2 Å². The minimum atomic E-state index is -0.0156. The van der Waals surface area contributed by atoms with Gasteiger partial charge >= 0.3 is 0 Å². The van der Waals surface area contributed by atoms with E-state index in [0.717, 1.165) is 21.9 Å². The summed E-state index contributed by atoms with van der Waals surface area (Å²) in [5.74, 6) is 0.933. The van der Waals surface area contributed by atoms with Crippen molar-refractivity contribution in [2.24, 2.45) is 0 Å². The fourth-order valence-electron chi connectivity index (χ4n) is 2.21. The summed E-state index contributed by atoms with van der Waals surface area (Å²) >= 11 is 6.02. The smallest absolute Gasteiger partial charge is 0.214 e. The monoisotopic (exact) mass is 424 g/mol. The number of allylic oxidation sites excluding steroid dienone is 1. The maximum Gasteiger partial charge on any atom is 0.214 e.